The lowest BCUT2D eigenvalue weighted by Gasteiger charge is -2.29. The van der Waals surface area contributed by atoms with Crippen molar-refractivity contribution in [3.8, 4) is 0 Å². The second kappa shape index (κ2) is 6.59. The van der Waals surface area contributed by atoms with E-state index in [4.69, 9.17) is 4.55 Å². The van der Waals surface area contributed by atoms with Gasteiger partial charge >= 0.3 is 16.4 Å². The van der Waals surface area contributed by atoms with Crippen LogP contribution in [0.15, 0.2) is 16.8 Å². The molecule has 0 aliphatic carbocycles. The van der Waals surface area contributed by atoms with Gasteiger partial charge < -0.3 is 4.90 Å². The maximum absolute atomic E-state index is 12.3. The van der Waals surface area contributed by atoms with Crippen molar-refractivity contribution in [1.82, 2.24) is 20.8 Å². The van der Waals surface area contributed by atoms with E-state index < -0.39 is 40.3 Å². The number of rotatable bonds is 4. The van der Waals surface area contributed by atoms with Gasteiger partial charge in [0, 0.05) is 11.9 Å². The van der Waals surface area contributed by atoms with Crippen LogP contribution < -0.4 is 10.9 Å². The maximum Gasteiger partial charge on any atom is 0.418 e. The van der Waals surface area contributed by atoms with Crippen LogP contribution in [0.4, 0.5) is 4.79 Å². The summed E-state index contributed by atoms with van der Waals surface area (Å²) < 4.78 is 34.7. The summed E-state index contributed by atoms with van der Waals surface area (Å²) in [7, 11) is -4.84. The van der Waals surface area contributed by atoms with Crippen molar-refractivity contribution >= 4 is 39.6 Å². The van der Waals surface area contributed by atoms with Crippen molar-refractivity contribution in [3.63, 3.8) is 0 Å². The van der Waals surface area contributed by atoms with Gasteiger partial charge in [0.1, 0.15) is 6.04 Å². The molecule has 3 rings (SSSR count). The third-order valence-corrected chi connectivity index (χ3v) is 4.91. The number of carbonyl (C=O) groups excluding carboxylic acids is 3. The summed E-state index contributed by atoms with van der Waals surface area (Å²) in [5.74, 6) is -1.10. The largest absolute Gasteiger partial charge is 0.418 e. The number of hydrazine groups is 1. The molecular weight excluding hydrogens is 376 g/mol. The summed E-state index contributed by atoms with van der Waals surface area (Å²) in [6.07, 6.45) is 0.552. The quantitative estimate of drug-likeness (QED) is 0.465. The first-order valence-electron chi connectivity index (χ1n) is 7.15. The Bertz CT molecular complexity index is 794. The number of hydrogen-bond donors (Lipinski definition) is 3. The van der Waals surface area contributed by atoms with Crippen LogP contribution in [0, 0.1) is 0 Å². The lowest BCUT2D eigenvalue weighted by molar-refractivity contribution is -0.126. The molecule has 3 heterocycles. The third-order valence-electron chi connectivity index (χ3n) is 3.88. The fourth-order valence-corrected chi connectivity index (χ4v) is 3.80. The Morgan fingerprint density at radius 1 is 1.32 bits per heavy atom. The second-order valence-corrected chi connectivity index (χ2v) is 7.25. The maximum atomic E-state index is 12.3. The molecule has 25 heavy (non-hydrogen) atoms. The van der Waals surface area contributed by atoms with Crippen LogP contribution in [0.25, 0.3) is 0 Å². The minimum absolute atomic E-state index is 0.0743. The number of thiophene rings is 1. The molecule has 2 fully saturated rings. The molecule has 2 saturated heterocycles. The summed E-state index contributed by atoms with van der Waals surface area (Å²) in [5, 5.41) is 3.87. The Balaban J connectivity index is 1.61. The molecule has 1 aromatic rings. The Morgan fingerprint density at radius 3 is 2.72 bits per heavy atom. The van der Waals surface area contributed by atoms with Gasteiger partial charge in [0.05, 0.1) is 11.6 Å². The third kappa shape index (κ3) is 3.73. The van der Waals surface area contributed by atoms with E-state index >= 15 is 0 Å². The number of carbonyl (C=O) groups is 3. The number of hydroxylamine groups is 2. The van der Waals surface area contributed by atoms with Crippen LogP contribution in [0.2, 0.25) is 0 Å². The van der Waals surface area contributed by atoms with E-state index in [0.717, 1.165) is 4.90 Å². The van der Waals surface area contributed by atoms with Gasteiger partial charge in [0.15, 0.2) is 0 Å². The SMILES string of the molecule is O=C(NNC(=O)[C@@H]1CCC2CN1C(=O)N2OS(=O)(=O)O)c1ccsc1. The summed E-state index contributed by atoms with van der Waals surface area (Å²) in [6, 6.07) is -0.726. The number of hydrogen-bond acceptors (Lipinski definition) is 7. The molecule has 1 unspecified atom stereocenters. The zero-order valence-electron chi connectivity index (χ0n) is 12.6. The molecule has 11 nitrogen and oxygen atoms in total. The molecule has 2 atom stereocenters. The molecule has 13 heteroatoms. The lowest BCUT2D eigenvalue weighted by atomic mass is 10.0. The van der Waals surface area contributed by atoms with Crippen molar-refractivity contribution in [1.29, 1.82) is 0 Å². The first kappa shape index (κ1) is 17.6. The van der Waals surface area contributed by atoms with Crippen LogP contribution in [-0.2, 0) is 19.5 Å². The Morgan fingerprint density at radius 2 is 2.08 bits per heavy atom. The summed E-state index contributed by atoms with van der Waals surface area (Å²) in [5.41, 5.74) is 4.89. The number of nitrogens with one attached hydrogen (secondary N) is 2. The molecule has 2 aliphatic heterocycles. The summed E-state index contributed by atoms with van der Waals surface area (Å²) in [6.45, 7) is 0.0743. The van der Waals surface area contributed by atoms with Crippen LogP contribution in [0.1, 0.15) is 23.2 Å². The van der Waals surface area contributed by atoms with Gasteiger partial charge in [0.25, 0.3) is 11.8 Å². The molecule has 136 valence electrons. The van der Waals surface area contributed by atoms with Gasteiger partial charge in [-0.1, -0.05) is 0 Å². The minimum atomic E-state index is -4.84. The first-order chi connectivity index (χ1) is 11.8. The van der Waals surface area contributed by atoms with Gasteiger partial charge in [0.2, 0.25) is 0 Å². The lowest BCUT2D eigenvalue weighted by Crippen LogP contribution is -2.54. The van der Waals surface area contributed by atoms with E-state index in [-0.39, 0.29) is 13.0 Å². The van der Waals surface area contributed by atoms with Crippen LogP contribution in [-0.4, -0.2) is 59.4 Å². The van der Waals surface area contributed by atoms with Gasteiger partial charge in [-0.15, -0.1) is 4.28 Å². The molecule has 0 saturated carbocycles. The molecule has 2 bridgehead atoms. The van der Waals surface area contributed by atoms with Gasteiger partial charge in [-0.2, -0.15) is 24.8 Å². The van der Waals surface area contributed by atoms with E-state index in [0.29, 0.717) is 17.0 Å². The number of fused-ring (bicyclic) bond motifs is 2. The molecule has 0 aromatic carbocycles. The molecule has 3 N–H and O–H groups in total. The van der Waals surface area contributed by atoms with Gasteiger partial charge in [-0.25, -0.2) is 4.79 Å². The molecular formula is C12H14N4O7S2. The van der Waals surface area contributed by atoms with Crippen molar-refractivity contribution in [3.05, 3.63) is 22.4 Å². The average Bonchev–Trinajstić information content (AvgIpc) is 3.16. The number of urea groups is 1. The van der Waals surface area contributed by atoms with Crippen LogP contribution in [0.3, 0.4) is 0 Å². The highest BCUT2D eigenvalue weighted by atomic mass is 32.3. The number of nitrogens with zero attached hydrogens (tertiary/aromatic N) is 2. The minimum Gasteiger partial charge on any atom is -0.309 e. The first-order valence-corrected chi connectivity index (χ1v) is 9.46. The average molecular weight is 390 g/mol. The van der Waals surface area contributed by atoms with Crippen molar-refractivity contribution in [2.24, 2.45) is 0 Å². The zero-order valence-corrected chi connectivity index (χ0v) is 14.2. The summed E-state index contributed by atoms with van der Waals surface area (Å²) >= 11 is 1.33. The molecule has 1 aromatic heterocycles. The Hall–Kier alpha value is -2.22. The van der Waals surface area contributed by atoms with Crippen molar-refractivity contribution in [2.75, 3.05) is 6.54 Å². The van der Waals surface area contributed by atoms with Gasteiger partial charge in [-0.3, -0.25) is 25.0 Å². The zero-order chi connectivity index (χ0) is 18.2. The van der Waals surface area contributed by atoms with Crippen LogP contribution in [0.5, 0.6) is 0 Å². The van der Waals surface area contributed by atoms with Crippen LogP contribution >= 0.6 is 11.3 Å². The van der Waals surface area contributed by atoms with E-state index in [1.807, 2.05) is 0 Å². The highest BCUT2D eigenvalue weighted by Gasteiger charge is 2.49. The van der Waals surface area contributed by atoms with Gasteiger partial charge in [-0.05, 0) is 24.3 Å². The summed E-state index contributed by atoms with van der Waals surface area (Å²) in [4.78, 5) is 37.4. The van der Waals surface area contributed by atoms with Crippen molar-refractivity contribution < 1.29 is 31.6 Å². The Kier molecular flexibility index (Phi) is 4.64. The smallest absolute Gasteiger partial charge is 0.309 e. The normalized spacial score (nSPS) is 22.8. The topological polar surface area (TPSA) is 145 Å². The van der Waals surface area contributed by atoms with E-state index in [9.17, 15) is 22.8 Å². The second-order valence-electron chi connectivity index (χ2n) is 5.47. The fraction of sp³-hybridized carbons (Fsp3) is 0.417. The molecule has 2 aliphatic rings. The standard InChI is InChI=1S/C12H14N4O7S2/c17-10(7-3-4-24-6-7)13-14-11(18)9-2-1-8-5-15(9)12(19)16(8)23-25(20,21)22/h3-4,6,8-9H,1-2,5H2,(H,13,17)(H,14,18)(H,20,21,22)/t8?,9-/m0/s1. The number of piperidine rings is 1. The predicted molar refractivity (Wildman–Crippen MR) is 83.3 cm³/mol. The number of amides is 4. The fourth-order valence-electron chi connectivity index (χ4n) is 2.77. The Labute approximate surface area is 146 Å². The van der Waals surface area contributed by atoms with Crippen molar-refractivity contribution in [2.45, 2.75) is 24.9 Å². The molecule has 4 amide bonds. The highest BCUT2D eigenvalue weighted by Crippen LogP contribution is 2.30. The van der Waals surface area contributed by atoms with E-state index in [1.165, 1.54) is 11.3 Å². The predicted octanol–water partition coefficient (Wildman–Crippen LogP) is -0.488. The monoisotopic (exact) mass is 390 g/mol. The highest BCUT2D eigenvalue weighted by molar-refractivity contribution is 7.80. The molecule has 0 radical (unpaired) electrons. The van der Waals surface area contributed by atoms with E-state index in [1.54, 1.807) is 16.8 Å². The van der Waals surface area contributed by atoms with E-state index in [2.05, 4.69) is 15.1 Å². The molecule has 0 spiro atoms.